The Kier molecular flexibility index (Phi) is 4.08. The fourth-order valence-electron chi connectivity index (χ4n) is 1.43. The highest BCUT2D eigenvalue weighted by molar-refractivity contribution is 7.13. The first kappa shape index (κ1) is 14.1. The highest BCUT2D eigenvalue weighted by Gasteiger charge is 2.22. The fraction of sp³-hybridized carbons (Fsp3) is 0.364. The summed E-state index contributed by atoms with van der Waals surface area (Å²) in [5.74, 6) is -1.01. The number of carbonyl (C=O) groups excluding carboxylic acids is 1. The average molecular weight is 295 g/mol. The Hall–Kier alpha value is -2.29. The normalized spacial score (nSPS) is 12.1. The minimum absolute atomic E-state index is 0.146. The van der Waals surface area contributed by atoms with Crippen LogP contribution in [0.4, 0.5) is 0 Å². The van der Waals surface area contributed by atoms with Crippen molar-refractivity contribution in [3.05, 3.63) is 17.5 Å². The molecule has 2 rings (SSSR count). The summed E-state index contributed by atoms with van der Waals surface area (Å²) in [7, 11) is 1.43. The molecular formula is C11H13N5O3S. The maximum atomic E-state index is 11.9. The molecule has 2 heterocycles. The van der Waals surface area contributed by atoms with Crippen LogP contribution in [0, 0.1) is 0 Å². The van der Waals surface area contributed by atoms with Crippen molar-refractivity contribution in [3.8, 4) is 10.7 Å². The monoisotopic (exact) mass is 295 g/mol. The summed E-state index contributed by atoms with van der Waals surface area (Å²) in [6.07, 6.45) is 0. The number of rotatable bonds is 5. The fourth-order valence-corrected chi connectivity index (χ4v) is 2.08. The van der Waals surface area contributed by atoms with E-state index in [9.17, 15) is 9.59 Å². The van der Waals surface area contributed by atoms with Crippen LogP contribution in [-0.4, -0.2) is 55.2 Å². The number of aromatic nitrogens is 4. The van der Waals surface area contributed by atoms with Crippen LogP contribution in [0.1, 0.15) is 6.92 Å². The van der Waals surface area contributed by atoms with E-state index in [1.54, 1.807) is 0 Å². The van der Waals surface area contributed by atoms with Crippen molar-refractivity contribution in [3.63, 3.8) is 0 Å². The van der Waals surface area contributed by atoms with E-state index in [4.69, 9.17) is 5.11 Å². The summed E-state index contributed by atoms with van der Waals surface area (Å²) < 4.78 is 0. The zero-order valence-electron chi connectivity index (χ0n) is 10.9. The summed E-state index contributed by atoms with van der Waals surface area (Å²) in [4.78, 5) is 25.9. The second-order valence-electron chi connectivity index (χ2n) is 4.14. The molecule has 1 unspecified atom stereocenters. The molecule has 1 N–H and O–H groups in total. The number of thiophene rings is 1. The van der Waals surface area contributed by atoms with Crippen LogP contribution in [0.2, 0.25) is 0 Å². The maximum absolute atomic E-state index is 11.9. The molecule has 1 atom stereocenters. The first-order valence-electron chi connectivity index (χ1n) is 5.79. The van der Waals surface area contributed by atoms with Crippen LogP contribution in [0.15, 0.2) is 17.5 Å². The van der Waals surface area contributed by atoms with Crippen molar-refractivity contribution in [1.29, 1.82) is 0 Å². The Bertz CT molecular complexity index is 609. The number of tetrazole rings is 1. The summed E-state index contributed by atoms with van der Waals surface area (Å²) in [5, 5.41) is 22.5. The molecule has 0 aliphatic rings. The van der Waals surface area contributed by atoms with E-state index in [0.29, 0.717) is 5.82 Å². The van der Waals surface area contributed by atoms with E-state index in [1.165, 1.54) is 25.3 Å². The zero-order chi connectivity index (χ0) is 14.7. The number of hydrogen-bond donors (Lipinski definition) is 1. The smallest absolute Gasteiger partial charge is 0.326 e. The largest absolute Gasteiger partial charge is 0.480 e. The molecular weight excluding hydrogens is 282 g/mol. The van der Waals surface area contributed by atoms with Gasteiger partial charge in [-0.1, -0.05) is 6.07 Å². The predicted molar refractivity (Wildman–Crippen MR) is 71.0 cm³/mol. The summed E-state index contributed by atoms with van der Waals surface area (Å²) in [6, 6.07) is 2.82. The lowest BCUT2D eigenvalue weighted by Gasteiger charge is -2.20. The van der Waals surface area contributed by atoms with Gasteiger partial charge in [0, 0.05) is 7.05 Å². The van der Waals surface area contributed by atoms with E-state index >= 15 is 0 Å². The Morgan fingerprint density at radius 3 is 2.90 bits per heavy atom. The highest BCUT2D eigenvalue weighted by atomic mass is 32.1. The second kappa shape index (κ2) is 5.78. The van der Waals surface area contributed by atoms with Crippen molar-refractivity contribution < 1.29 is 14.7 Å². The van der Waals surface area contributed by atoms with Crippen LogP contribution >= 0.6 is 11.3 Å². The molecule has 20 heavy (non-hydrogen) atoms. The minimum atomic E-state index is -1.06. The molecule has 8 nitrogen and oxygen atoms in total. The summed E-state index contributed by atoms with van der Waals surface area (Å²) >= 11 is 1.47. The molecule has 2 aromatic rings. The van der Waals surface area contributed by atoms with Crippen LogP contribution in [0.25, 0.3) is 10.7 Å². The maximum Gasteiger partial charge on any atom is 0.326 e. The standard InChI is InChI=1S/C11H13N5O3S/c1-7(11(18)19)15(2)9(17)6-16-13-10(12-14-16)8-4-3-5-20-8/h3-5,7H,6H2,1-2H3,(H,18,19). The second-order valence-corrected chi connectivity index (χ2v) is 5.09. The molecule has 0 bridgehead atoms. The lowest BCUT2D eigenvalue weighted by molar-refractivity contribution is -0.148. The summed E-state index contributed by atoms with van der Waals surface area (Å²) in [5.41, 5.74) is 0. The average Bonchev–Trinajstić information content (AvgIpc) is 3.06. The number of hydrogen-bond acceptors (Lipinski definition) is 6. The Balaban J connectivity index is 2.04. The zero-order valence-corrected chi connectivity index (χ0v) is 11.7. The van der Waals surface area contributed by atoms with Gasteiger partial charge >= 0.3 is 5.97 Å². The lowest BCUT2D eigenvalue weighted by atomic mass is 10.3. The van der Waals surface area contributed by atoms with Gasteiger partial charge in [-0.05, 0) is 23.6 Å². The number of amides is 1. The van der Waals surface area contributed by atoms with Gasteiger partial charge < -0.3 is 10.0 Å². The topological polar surface area (TPSA) is 101 Å². The number of aliphatic carboxylic acids is 1. The van der Waals surface area contributed by atoms with Gasteiger partial charge in [0.15, 0.2) is 0 Å². The number of carboxylic acids is 1. The number of carbonyl (C=O) groups is 2. The van der Waals surface area contributed by atoms with Gasteiger partial charge in [0.2, 0.25) is 11.7 Å². The molecule has 106 valence electrons. The molecule has 1 amide bonds. The van der Waals surface area contributed by atoms with Crippen LogP contribution < -0.4 is 0 Å². The van der Waals surface area contributed by atoms with Gasteiger partial charge in [-0.25, -0.2) is 4.79 Å². The van der Waals surface area contributed by atoms with Gasteiger partial charge in [0.05, 0.1) is 4.88 Å². The Morgan fingerprint density at radius 1 is 1.55 bits per heavy atom. The van der Waals surface area contributed by atoms with Gasteiger partial charge in [-0.3, -0.25) is 4.79 Å². The first-order chi connectivity index (χ1) is 9.49. The minimum Gasteiger partial charge on any atom is -0.480 e. The molecule has 0 saturated heterocycles. The lowest BCUT2D eigenvalue weighted by Crippen LogP contribution is -2.42. The van der Waals surface area contributed by atoms with E-state index in [2.05, 4.69) is 15.4 Å². The molecule has 2 aromatic heterocycles. The van der Waals surface area contributed by atoms with Crippen molar-refractivity contribution in [2.75, 3.05) is 7.05 Å². The third kappa shape index (κ3) is 2.99. The molecule has 0 radical (unpaired) electrons. The van der Waals surface area contributed by atoms with E-state index in [0.717, 1.165) is 14.6 Å². The SMILES string of the molecule is CC(C(=O)O)N(C)C(=O)Cn1nnc(-c2cccs2)n1. The van der Waals surface area contributed by atoms with E-state index < -0.39 is 17.9 Å². The van der Waals surface area contributed by atoms with Crippen molar-refractivity contribution in [2.45, 2.75) is 19.5 Å². The predicted octanol–water partition coefficient (Wildman–Crippen LogP) is 0.333. The third-order valence-electron chi connectivity index (χ3n) is 2.80. The van der Waals surface area contributed by atoms with Crippen LogP contribution in [0.3, 0.4) is 0 Å². The van der Waals surface area contributed by atoms with Crippen molar-refractivity contribution in [1.82, 2.24) is 25.1 Å². The Labute approximate surface area is 118 Å². The van der Waals surface area contributed by atoms with Gasteiger partial charge in [0.1, 0.15) is 12.6 Å². The van der Waals surface area contributed by atoms with Gasteiger partial charge in [-0.15, -0.1) is 21.5 Å². The third-order valence-corrected chi connectivity index (χ3v) is 3.67. The molecule has 0 spiro atoms. The molecule has 9 heteroatoms. The Morgan fingerprint density at radius 2 is 2.30 bits per heavy atom. The van der Waals surface area contributed by atoms with Gasteiger partial charge in [0.25, 0.3) is 0 Å². The first-order valence-corrected chi connectivity index (χ1v) is 6.67. The number of likely N-dealkylation sites (N-methyl/N-ethyl adjacent to an activating group) is 1. The van der Waals surface area contributed by atoms with E-state index in [-0.39, 0.29) is 6.54 Å². The number of carboxylic acid groups (broad SMARTS) is 1. The molecule has 0 saturated carbocycles. The van der Waals surface area contributed by atoms with Crippen molar-refractivity contribution >= 4 is 23.2 Å². The summed E-state index contributed by atoms with van der Waals surface area (Å²) in [6.45, 7) is 1.29. The van der Waals surface area contributed by atoms with Crippen LogP contribution in [0.5, 0.6) is 0 Å². The van der Waals surface area contributed by atoms with Crippen molar-refractivity contribution in [2.24, 2.45) is 0 Å². The quantitative estimate of drug-likeness (QED) is 0.853. The van der Waals surface area contributed by atoms with Crippen LogP contribution in [-0.2, 0) is 16.1 Å². The van der Waals surface area contributed by atoms with Gasteiger partial charge in [-0.2, -0.15) is 4.80 Å². The molecule has 0 aromatic carbocycles. The van der Waals surface area contributed by atoms with E-state index in [1.807, 2.05) is 17.5 Å². The highest BCUT2D eigenvalue weighted by Crippen LogP contribution is 2.19. The number of nitrogens with zero attached hydrogens (tertiary/aromatic N) is 5. The molecule has 0 aliphatic carbocycles. The molecule has 0 fully saturated rings. The molecule has 0 aliphatic heterocycles.